The van der Waals surface area contributed by atoms with E-state index in [1.807, 2.05) is 24.3 Å². The first-order chi connectivity index (χ1) is 10.6. The minimum atomic E-state index is -0.0509. The normalized spacial score (nSPS) is 17.2. The van der Waals surface area contributed by atoms with Gasteiger partial charge in [-0.05, 0) is 36.2 Å². The van der Waals surface area contributed by atoms with Crippen molar-refractivity contribution in [2.24, 2.45) is 5.16 Å². The molecule has 0 bridgehead atoms. The highest BCUT2D eigenvalue weighted by atomic mass is 35.5. The minimum absolute atomic E-state index is 0.0509. The van der Waals surface area contributed by atoms with E-state index in [4.69, 9.17) is 28.0 Å². The van der Waals surface area contributed by atoms with Crippen LogP contribution in [0.25, 0.3) is 0 Å². The maximum atomic E-state index is 12.0. The molecule has 0 saturated heterocycles. The summed E-state index contributed by atoms with van der Waals surface area (Å²) in [6.45, 7) is 0. The average Bonchev–Trinajstić information content (AvgIpc) is 3.15. The van der Waals surface area contributed by atoms with Gasteiger partial charge in [0, 0.05) is 17.9 Å². The van der Waals surface area contributed by atoms with E-state index in [9.17, 15) is 4.79 Å². The van der Waals surface area contributed by atoms with Crippen LogP contribution < -0.4 is 0 Å². The SMILES string of the molecule is O=C(CCC1CC(c2ccc(Cl)cc2)=NO1)c1ccc(Cl)s1. The molecule has 1 aliphatic rings. The van der Waals surface area contributed by atoms with Gasteiger partial charge in [-0.2, -0.15) is 0 Å². The number of nitrogens with zero attached hydrogens (tertiary/aromatic N) is 1. The van der Waals surface area contributed by atoms with Crippen LogP contribution in [0.5, 0.6) is 0 Å². The third-order valence-electron chi connectivity index (χ3n) is 3.45. The summed E-state index contributed by atoms with van der Waals surface area (Å²) in [5.41, 5.74) is 1.90. The lowest BCUT2D eigenvalue weighted by molar-refractivity contribution is 0.0720. The van der Waals surface area contributed by atoms with E-state index in [-0.39, 0.29) is 11.9 Å². The third-order valence-corrected chi connectivity index (χ3v) is 4.98. The van der Waals surface area contributed by atoms with E-state index in [0.29, 0.717) is 33.5 Å². The predicted molar refractivity (Wildman–Crippen MR) is 90.4 cm³/mol. The highest BCUT2D eigenvalue weighted by molar-refractivity contribution is 7.18. The fourth-order valence-corrected chi connectivity index (χ4v) is 3.41. The number of hydrogen-bond acceptors (Lipinski definition) is 4. The lowest BCUT2D eigenvalue weighted by Gasteiger charge is -2.06. The minimum Gasteiger partial charge on any atom is -0.392 e. The summed E-state index contributed by atoms with van der Waals surface area (Å²) in [5.74, 6) is 0.0976. The zero-order valence-corrected chi connectivity index (χ0v) is 13.9. The molecule has 1 aliphatic heterocycles. The number of oxime groups is 1. The van der Waals surface area contributed by atoms with Crippen LogP contribution in [0.2, 0.25) is 9.36 Å². The van der Waals surface area contributed by atoms with Gasteiger partial charge < -0.3 is 4.84 Å². The van der Waals surface area contributed by atoms with Crippen LogP contribution in [-0.4, -0.2) is 17.6 Å². The number of ketones is 1. The van der Waals surface area contributed by atoms with Gasteiger partial charge in [0.2, 0.25) is 0 Å². The quantitative estimate of drug-likeness (QED) is 0.692. The first kappa shape index (κ1) is 15.5. The molecule has 1 aromatic carbocycles. The second-order valence-corrected chi connectivity index (χ2v) is 7.19. The van der Waals surface area contributed by atoms with Gasteiger partial charge in [0.1, 0.15) is 6.10 Å². The number of Topliss-reactive ketones (excluding diaryl/α,β-unsaturated/α-hetero) is 1. The molecule has 0 fully saturated rings. The van der Waals surface area contributed by atoms with E-state index in [2.05, 4.69) is 5.16 Å². The lowest BCUT2D eigenvalue weighted by atomic mass is 10.0. The van der Waals surface area contributed by atoms with Gasteiger partial charge in [0.25, 0.3) is 0 Å². The van der Waals surface area contributed by atoms with E-state index < -0.39 is 0 Å². The van der Waals surface area contributed by atoms with Gasteiger partial charge in [-0.25, -0.2) is 0 Å². The number of halogens is 2. The van der Waals surface area contributed by atoms with Crippen LogP contribution in [-0.2, 0) is 4.84 Å². The molecule has 1 atom stereocenters. The first-order valence-electron chi connectivity index (χ1n) is 6.89. The summed E-state index contributed by atoms with van der Waals surface area (Å²) >= 11 is 13.0. The van der Waals surface area contributed by atoms with Crippen molar-refractivity contribution >= 4 is 46.0 Å². The largest absolute Gasteiger partial charge is 0.392 e. The molecule has 22 heavy (non-hydrogen) atoms. The Morgan fingerprint density at radius 3 is 2.68 bits per heavy atom. The molecular formula is C16H13Cl2NO2S. The van der Waals surface area contributed by atoms with Crippen LogP contribution in [0.3, 0.4) is 0 Å². The van der Waals surface area contributed by atoms with Crippen molar-refractivity contribution in [3.63, 3.8) is 0 Å². The molecule has 1 unspecified atom stereocenters. The topological polar surface area (TPSA) is 38.7 Å². The van der Waals surface area contributed by atoms with Crippen LogP contribution in [0.1, 0.15) is 34.5 Å². The van der Waals surface area contributed by atoms with Crippen molar-refractivity contribution in [3.8, 4) is 0 Å². The smallest absolute Gasteiger partial charge is 0.172 e. The number of carbonyl (C=O) groups excluding carboxylic acids is 1. The number of hydrogen-bond donors (Lipinski definition) is 0. The highest BCUT2D eigenvalue weighted by Gasteiger charge is 2.23. The predicted octanol–water partition coefficient (Wildman–Crippen LogP) is 5.21. The number of carbonyl (C=O) groups is 1. The summed E-state index contributed by atoms with van der Waals surface area (Å²) in [4.78, 5) is 18.2. The van der Waals surface area contributed by atoms with Gasteiger partial charge in [-0.1, -0.05) is 40.5 Å². The molecule has 2 aromatic rings. The second kappa shape index (κ2) is 6.82. The molecule has 114 valence electrons. The summed E-state index contributed by atoms with van der Waals surface area (Å²) < 4.78 is 0.633. The maximum Gasteiger partial charge on any atom is 0.172 e. The lowest BCUT2D eigenvalue weighted by Crippen LogP contribution is -2.11. The van der Waals surface area contributed by atoms with Crippen LogP contribution in [0, 0.1) is 0 Å². The first-order valence-corrected chi connectivity index (χ1v) is 8.46. The Morgan fingerprint density at radius 2 is 2.00 bits per heavy atom. The molecule has 0 saturated carbocycles. The van der Waals surface area contributed by atoms with Crippen molar-refractivity contribution in [2.45, 2.75) is 25.4 Å². The Hall–Kier alpha value is -1.36. The monoisotopic (exact) mass is 353 g/mol. The molecule has 0 spiro atoms. The van der Waals surface area contributed by atoms with Crippen LogP contribution in [0.15, 0.2) is 41.6 Å². The number of rotatable bonds is 5. The van der Waals surface area contributed by atoms with Crippen LogP contribution in [0.4, 0.5) is 0 Å². The third kappa shape index (κ3) is 3.69. The Morgan fingerprint density at radius 1 is 1.23 bits per heavy atom. The zero-order chi connectivity index (χ0) is 15.5. The Bertz CT molecular complexity index is 709. The summed E-state index contributed by atoms with van der Waals surface area (Å²) in [5, 5.41) is 4.81. The highest BCUT2D eigenvalue weighted by Crippen LogP contribution is 2.25. The van der Waals surface area contributed by atoms with Gasteiger partial charge >= 0.3 is 0 Å². The molecule has 0 amide bonds. The van der Waals surface area contributed by atoms with E-state index in [1.165, 1.54) is 11.3 Å². The van der Waals surface area contributed by atoms with Gasteiger partial charge in [0.15, 0.2) is 5.78 Å². The molecule has 6 heteroatoms. The molecule has 0 N–H and O–H groups in total. The summed E-state index contributed by atoms with van der Waals surface area (Å²) in [7, 11) is 0. The molecule has 3 nitrogen and oxygen atoms in total. The molecular weight excluding hydrogens is 341 g/mol. The zero-order valence-electron chi connectivity index (χ0n) is 11.6. The van der Waals surface area contributed by atoms with Crippen molar-refractivity contribution < 1.29 is 9.63 Å². The van der Waals surface area contributed by atoms with Crippen LogP contribution >= 0.6 is 34.5 Å². The number of benzene rings is 1. The van der Waals surface area contributed by atoms with Gasteiger partial charge in [0.05, 0.1) is 14.9 Å². The van der Waals surface area contributed by atoms with Gasteiger partial charge in [-0.15, -0.1) is 11.3 Å². The van der Waals surface area contributed by atoms with Crippen molar-refractivity contribution in [1.29, 1.82) is 0 Å². The fraction of sp³-hybridized carbons (Fsp3) is 0.250. The summed E-state index contributed by atoms with van der Waals surface area (Å²) in [6, 6.07) is 11.0. The van der Waals surface area contributed by atoms with Crippen molar-refractivity contribution in [1.82, 2.24) is 0 Å². The van der Waals surface area contributed by atoms with Crippen molar-refractivity contribution in [3.05, 3.63) is 56.2 Å². The number of thiophene rings is 1. The van der Waals surface area contributed by atoms with Gasteiger partial charge in [-0.3, -0.25) is 4.79 Å². The van der Waals surface area contributed by atoms with E-state index in [0.717, 1.165) is 11.3 Å². The molecule has 1 aromatic heterocycles. The Balaban J connectivity index is 1.52. The van der Waals surface area contributed by atoms with E-state index >= 15 is 0 Å². The molecule has 2 heterocycles. The standard InChI is InChI=1S/C16H13Cl2NO2S/c17-11-3-1-10(2-4-11)13-9-12(21-19-13)5-6-14(20)15-7-8-16(18)22-15/h1-4,7-8,12H,5-6,9H2. The average molecular weight is 354 g/mol. The second-order valence-electron chi connectivity index (χ2n) is 5.04. The molecule has 0 aliphatic carbocycles. The maximum absolute atomic E-state index is 12.0. The van der Waals surface area contributed by atoms with Crippen molar-refractivity contribution in [2.75, 3.05) is 0 Å². The van der Waals surface area contributed by atoms with E-state index in [1.54, 1.807) is 12.1 Å². The molecule has 3 rings (SSSR count). The fourth-order valence-electron chi connectivity index (χ4n) is 2.28. The molecule has 0 radical (unpaired) electrons. The summed E-state index contributed by atoms with van der Waals surface area (Å²) in [6.07, 6.45) is 1.74. The Kier molecular flexibility index (Phi) is 4.81. The Labute approximate surface area is 142 Å².